The van der Waals surface area contributed by atoms with Gasteiger partial charge < -0.3 is 15.5 Å². The second-order valence-electron chi connectivity index (χ2n) is 8.49. The lowest BCUT2D eigenvalue weighted by Gasteiger charge is -2.40. The Hall–Kier alpha value is -2.48. The summed E-state index contributed by atoms with van der Waals surface area (Å²) in [6.45, 7) is 5.25. The Morgan fingerprint density at radius 1 is 1.20 bits per heavy atom. The Balaban J connectivity index is 1.55. The van der Waals surface area contributed by atoms with Crippen LogP contribution in [0, 0.1) is 11.8 Å². The van der Waals surface area contributed by atoms with E-state index in [9.17, 15) is 13.6 Å². The van der Waals surface area contributed by atoms with Crippen LogP contribution in [0.2, 0.25) is 0 Å². The molecule has 1 saturated heterocycles. The number of carbonyl (C=O) groups is 1. The number of nitrogens with one attached hydrogen (secondary N) is 2. The van der Waals surface area contributed by atoms with Gasteiger partial charge in [-0.25, -0.2) is 13.8 Å². The van der Waals surface area contributed by atoms with Crippen molar-refractivity contribution in [1.29, 1.82) is 0 Å². The summed E-state index contributed by atoms with van der Waals surface area (Å²) < 4.78 is 30.4. The number of halogens is 2. The molecule has 0 saturated carbocycles. The van der Waals surface area contributed by atoms with Gasteiger partial charge in [0.2, 0.25) is 0 Å². The van der Waals surface area contributed by atoms with E-state index in [2.05, 4.69) is 10.6 Å². The number of amides is 1. The zero-order valence-corrected chi connectivity index (χ0v) is 17.8. The molecule has 3 aromatic rings. The van der Waals surface area contributed by atoms with Gasteiger partial charge in [-0.2, -0.15) is 0 Å². The van der Waals surface area contributed by atoms with Crippen molar-refractivity contribution in [1.82, 2.24) is 10.3 Å². The van der Waals surface area contributed by atoms with Crippen LogP contribution in [-0.2, 0) is 0 Å². The van der Waals surface area contributed by atoms with Crippen LogP contribution in [0.15, 0.2) is 24.3 Å². The number of hydrogen-bond donors (Lipinski definition) is 2. The zero-order valence-electron chi connectivity index (χ0n) is 17.0. The van der Waals surface area contributed by atoms with Gasteiger partial charge in [0, 0.05) is 41.0 Å². The Bertz CT molecular complexity index is 1140. The van der Waals surface area contributed by atoms with Gasteiger partial charge >= 0.3 is 0 Å². The van der Waals surface area contributed by atoms with Crippen molar-refractivity contribution in [2.24, 2.45) is 11.8 Å². The fourth-order valence-corrected chi connectivity index (χ4v) is 5.82. The Labute approximate surface area is 177 Å². The highest BCUT2D eigenvalue weighted by Crippen LogP contribution is 2.42. The molecule has 0 aliphatic carbocycles. The quantitative estimate of drug-likeness (QED) is 0.618. The molecule has 4 heterocycles. The molecule has 1 amide bonds. The third-order valence-electron chi connectivity index (χ3n) is 6.21. The Morgan fingerprint density at radius 3 is 2.77 bits per heavy atom. The maximum absolute atomic E-state index is 14.7. The summed E-state index contributed by atoms with van der Waals surface area (Å²) in [6.07, 6.45) is 0.459. The molecule has 30 heavy (non-hydrogen) atoms. The summed E-state index contributed by atoms with van der Waals surface area (Å²) in [4.78, 5) is 19.5. The predicted molar refractivity (Wildman–Crippen MR) is 118 cm³/mol. The van der Waals surface area contributed by atoms with Gasteiger partial charge in [-0.15, -0.1) is 11.3 Å². The molecule has 5 rings (SSSR count). The van der Waals surface area contributed by atoms with Crippen molar-refractivity contribution >= 4 is 49.7 Å². The molecule has 1 unspecified atom stereocenters. The summed E-state index contributed by atoms with van der Waals surface area (Å²) in [6, 6.07) is 7.65. The summed E-state index contributed by atoms with van der Waals surface area (Å²) in [5.41, 5.74) is 1.59. The number of thiophene rings is 1. The van der Waals surface area contributed by atoms with Crippen molar-refractivity contribution in [3.63, 3.8) is 0 Å². The number of benzene rings is 1. The number of aromatic nitrogens is 1. The molecule has 0 bridgehead atoms. The third-order valence-corrected chi connectivity index (χ3v) is 7.36. The smallest absolute Gasteiger partial charge is 0.268 e. The van der Waals surface area contributed by atoms with E-state index in [0.29, 0.717) is 36.8 Å². The van der Waals surface area contributed by atoms with Crippen molar-refractivity contribution in [3.05, 3.63) is 29.1 Å². The number of nitrogens with zero attached hydrogens (tertiary/aromatic N) is 2. The van der Waals surface area contributed by atoms with E-state index in [1.165, 1.54) is 11.3 Å². The van der Waals surface area contributed by atoms with Crippen molar-refractivity contribution in [2.45, 2.75) is 26.2 Å². The van der Waals surface area contributed by atoms with Crippen LogP contribution in [0.5, 0.6) is 0 Å². The zero-order chi connectivity index (χ0) is 21.0. The van der Waals surface area contributed by atoms with Crippen LogP contribution in [0.3, 0.4) is 0 Å². The van der Waals surface area contributed by atoms with E-state index in [-0.39, 0.29) is 18.4 Å². The second-order valence-corrected chi connectivity index (χ2v) is 9.54. The van der Waals surface area contributed by atoms with Gasteiger partial charge in [0.05, 0.1) is 17.7 Å². The highest BCUT2D eigenvalue weighted by molar-refractivity contribution is 7.21. The van der Waals surface area contributed by atoms with Crippen molar-refractivity contribution in [2.75, 3.05) is 36.4 Å². The van der Waals surface area contributed by atoms with Crippen LogP contribution in [0.25, 0.3) is 21.0 Å². The number of fused-ring (bicyclic) bond motifs is 5. The van der Waals surface area contributed by atoms with Crippen molar-refractivity contribution < 1.29 is 13.6 Å². The standard InChI is InChI=1S/C22H24F2N4OS/c1-12(2)14-7-10-28(11-22(14,23)24)17-6-3-13-15(27-17)4-5-16-18(13)19-20(30-16)21(29)26-9-8-25-19/h3-6,12,14,25H,7-11H2,1-2H3,(H,26,29). The summed E-state index contributed by atoms with van der Waals surface area (Å²) in [7, 11) is 0. The normalized spacial score (nSPS) is 21.4. The number of rotatable bonds is 2. The third kappa shape index (κ3) is 3.09. The van der Waals surface area contributed by atoms with E-state index in [1.54, 1.807) is 4.90 Å². The predicted octanol–water partition coefficient (Wildman–Crippen LogP) is 4.72. The number of piperidine rings is 1. The second kappa shape index (κ2) is 7.04. The first kappa shape index (κ1) is 19.5. The maximum atomic E-state index is 14.7. The van der Waals surface area contributed by atoms with Crippen LogP contribution in [0.1, 0.15) is 29.9 Å². The van der Waals surface area contributed by atoms with Gasteiger partial charge in [0.15, 0.2) is 0 Å². The minimum absolute atomic E-state index is 0.0430. The lowest BCUT2D eigenvalue weighted by molar-refractivity contribution is -0.0815. The largest absolute Gasteiger partial charge is 0.381 e. The number of pyridine rings is 1. The van der Waals surface area contributed by atoms with Crippen molar-refractivity contribution in [3.8, 4) is 0 Å². The molecule has 2 aliphatic heterocycles. The van der Waals surface area contributed by atoms with E-state index in [0.717, 1.165) is 26.7 Å². The first-order chi connectivity index (χ1) is 14.3. The highest BCUT2D eigenvalue weighted by atomic mass is 32.1. The fraction of sp³-hybridized carbons (Fsp3) is 0.455. The Kier molecular flexibility index (Phi) is 4.57. The molecule has 2 aliphatic rings. The maximum Gasteiger partial charge on any atom is 0.268 e. The van der Waals surface area contributed by atoms with Gasteiger partial charge in [-0.05, 0) is 36.6 Å². The first-order valence-corrected chi connectivity index (χ1v) is 11.2. The molecule has 8 heteroatoms. The summed E-state index contributed by atoms with van der Waals surface area (Å²) >= 11 is 1.46. The van der Waals surface area contributed by atoms with Crippen LogP contribution < -0.4 is 15.5 Å². The van der Waals surface area contributed by atoms with Gasteiger partial charge in [-0.3, -0.25) is 4.79 Å². The van der Waals surface area contributed by atoms with Crippen LogP contribution in [-0.4, -0.2) is 43.0 Å². The molecular formula is C22H24F2N4OS. The SMILES string of the molecule is CC(C)C1CCN(c2ccc3c(ccc4sc5c(c43)NCCNC5=O)n2)CC1(F)F. The van der Waals surface area contributed by atoms with E-state index >= 15 is 0 Å². The van der Waals surface area contributed by atoms with Gasteiger partial charge in [-0.1, -0.05) is 13.8 Å². The molecular weight excluding hydrogens is 406 g/mol. The molecule has 2 N–H and O–H groups in total. The molecule has 2 aromatic heterocycles. The van der Waals surface area contributed by atoms with E-state index in [1.807, 2.05) is 38.1 Å². The average molecular weight is 431 g/mol. The molecule has 0 radical (unpaired) electrons. The molecule has 1 aromatic carbocycles. The summed E-state index contributed by atoms with van der Waals surface area (Å²) in [5.74, 6) is -2.85. The van der Waals surface area contributed by atoms with E-state index < -0.39 is 11.8 Å². The Morgan fingerprint density at radius 2 is 2.00 bits per heavy atom. The average Bonchev–Trinajstić information content (AvgIpc) is 2.99. The monoisotopic (exact) mass is 430 g/mol. The number of alkyl halides is 2. The van der Waals surface area contributed by atoms with E-state index in [4.69, 9.17) is 4.98 Å². The van der Waals surface area contributed by atoms with Crippen LogP contribution in [0.4, 0.5) is 20.3 Å². The molecule has 158 valence electrons. The van der Waals surface area contributed by atoms with Crippen LogP contribution >= 0.6 is 11.3 Å². The number of carbonyl (C=O) groups excluding carboxylic acids is 1. The number of anilines is 2. The van der Waals surface area contributed by atoms with Gasteiger partial charge in [0.1, 0.15) is 10.7 Å². The molecule has 1 fully saturated rings. The molecule has 0 spiro atoms. The highest BCUT2D eigenvalue weighted by Gasteiger charge is 2.46. The first-order valence-electron chi connectivity index (χ1n) is 10.4. The minimum Gasteiger partial charge on any atom is -0.381 e. The lowest BCUT2D eigenvalue weighted by atomic mass is 9.83. The summed E-state index contributed by atoms with van der Waals surface area (Å²) in [5, 5.41) is 8.17. The minimum atomic E-state index is -2.73. The topological polar surface area (TPSA) is 57.3 Å². The molecule has 1 atom stereocenters. The van der Waals surface area contributed by atoms with Gasteiger partial charge in [0.25, 0.3) is 11.8 Å². The molecule has 5 nitrogen and oxygen atoms in total. The lowest BCUT2D eigenvalue weighted by Crippen LogP contribution is -2.50. The number of hydrogen-bond acceptors (Lipinski definition) is 5. The fourth-order valence-electron chi connectivity index (χ4n) is 4.71.